The van der Waals surface area contributed by atoms with E-state index in [0.29, 0.717) is 0 Å². The maximum atomic E-state index is 13.2. The van der Waals surface area contributed by atoms with E-state index in [9.17, 15) is 18.0 Å². The molecule has 28 heavy (non-hydrogen) atoms. The van der Waals surface area contributed by atoms with E-state index in [1.54, 1.807) is 29.2 Å². The SMILES string of the molecule is CC(=O)OC[C@@]12CN(S(=O)(=O)c3ccc(C)cc3)C[C@H]1C=C[C@@H](C)N2C(C)=O. The van der Waals surface area contributed by atoms with Crippen LogP contribution in [0.3, 0.4) is 0 Å². The van der Waals surface area contributed by atoms with Gasteiger partial charge in [-0.15, -0.1) is 0 Å². The van der Waals surface area contributed by atoms with Gasteiger partial charge < -0.3 is 9.64 Å². The highest BCUT2D eigenvalue weighted by Crippen LogP contribution is 2.41. The Morgan fingerprint density at radius 1 is 1.18 bits per heavy atom. The number of rotatable bonds is 4. The summed E-state index contributed by atoms with van der Waals surface area (Å²) in [5.41, 5.74) is 0.0589. The standard InChI is InChI=1S/C20H26N2O5S/c1-14-5-9-19(10-6-14)28(25,26)21-11-18-8-7-15(2)22(16(3)23)20(18,12-21)13-27-17(4)24/h5-10,15,18H,11-13H2,1-4H3/t15-,18-,20+/m1/s1. The number of benzene rings is 1. The second-order valence-corrected chi connectivity index (χ2v) is 9.55. The van der Waals surface area contributed by atoms with Crippen molar-refractivity contribution in [1.82, 2.24) is 9.21 Å². The molecule has 2 heterocycles. The average molecular weight is 407 g/mol. The monoisotopic (exact) mass is 406 g/mol. The molecule has 1 saturated heterocycles. The predicted octanol–water partition coefficient (Wildman–Crippen LogP) is 1.72. The first-order valence-corrected chi connectivity index (χ1v) is 10.7. The Balaban J connectivity index is 2.01. The molecule has 0 aromatic heterocycles. The summed E-state index contributed by atoms with van der Waals surface area (Å²) < 4.78 is 33.1. The molecule has 2 aliphatic heterocycles. The average Bonchev–Trinajstić information content (AvgIpc) is 3.00. The van der Waals surface area contributed by atoms with Gasteiger partial charge in [0.15, 0.2) is 0 Å². The largest absolute Gasteiger partial charge is 0.463 e. The molecule has 0 radical (unpaired) electrons. The fourth-order valence-electron chi connectivity index (χ4n) is 4.25. The number of ether oxygens (including phenoxy) is 1. The van der Waals surface area contributed by atoms with Crippen molar-refractivity contribution in [2.45, 2.75) is 44.2 Å². The van der Waals surface area contributed by atoms with Gasteiger partial charge in [0.05, 0.1) is 10.4 Å². The Hall–Kier alpha value is -2.19. The van der Waals surface area contributed by atoms with Crippen LogP contribution in [0.5, 0.6) is 0 Å². The van der Waals surface area contributed by atoms with Gasteiger partial charge in [0, 0.05) is 38.9 Å². The number of fused-ring (bicyclic) bond motifs is 1. The van der Waals surface area contributed by atoms with Gasteiger partial charge in [0.2, 0.25) is 15.9 Å². The zero-order valence-corrected chi connectivity index (χ0v) is 17.4. The highest BCUT2D eigenvalue weighted by atomic mass is 32.2. The third kappa shape index (κ3) is 3.46. The van der Waals surface area contributed by atoms with Crippen molar-refractivity contribution in [3.8, 4) is 0 Å². The van der Waals surface area contributed by atoms with Crippen LogP contribution in [-0.4, -0.2) is 60.8 Å². The Bertz CT molecular complexity index is 909. The normalized spacial score (nSPS) is 27.5. The highest BCUT2D eigenvalue weighted by Gasteiger charge is 2.56. The molecule has 0 N–H and O–H groups in total. The van der Waals surface area contributed by atoms with Gasteiger partial charge in [-0.3, -0.25) is 9.59 Å². The molecule has 1 aromatic carbocycles. The van der Waals surface area contributed by atoms with Crippen molar-refractivity contribution < 1.29 is 22.7 Å². The summed E-state index contributed by atoms with van der Waals surface area (Å²) >= 11 is 0. The number of amides is 1. The molecule has 152 valence electrons. The lowest BCUT2D eigenvalue weighted by atomic mass is 9.81. The van der Waals surface area contributed by atoms with Crippen molar-refractivity contribution in [3.63, 3.8) is 0 Å². The van der Waals surface area contributed by atoms with Crippen molar-refractivity contribution in [3.05, 3.63) is 42.0 Å². The highest BCUT2D eigenvalue weighted by molar-refractivity contribution is 7.89. The van der Waals surface area contributed by atoms with Crippen LogP contribution < -0.4 is 0 Å². The van der Waals surface area contributed by atoms with E-state index in [2.05, 4.69) is 0 Å². The van der Waals surface area contributed by atoms with Gasteiger partial charge in [-0.05, 0) is 26.0 Å². The molecule has 1 amide bonds. The molecule has 0 aliphatic carbocycles. The minimum atomic E-state index is -3.74. The third-order valence-electron chi connectivity index (χ3n) is 5.57. The van der Waals surface area contributed by atoms with E-state index >= 15 is 0 Å². The van der Waals surface area contributed by atoms with Crippen LogP contribution in [0.2, 0.25) is 0 Å². The lowest BCUT2D eigenvalue weighted by Gasteiger charge is -2.48. The molecule has 0 spiro atoms. The summed E-state index contributed by atoms with van der Waals surface area (Å²) in [5, 5.41) is 0. The molecule has 0 saturated carbocycles. The number of carbonyl (C=O) groups is 2. The Morgan fingerprint density at radius 3 is 2.39 bits per heavy atom. The number of aryl methyl sites for hydroxylation is 1. The zero-order valence-electron chi connectivity index (χ0n) is 16.6. The van der Waals surface area contributed by atoms with Crippen LogP contribution in [0.15, 0.2) is 41.3 Å². The van der Waals surface area contributed by atoms with E-state index < -0.39 is 21.5 Å². The first kappa shape index (κ1) is 20.5. The number of nitrogens with zero attached hydrogens (tertiary/aromatic N) is 2. The number of carbonyl (C=O) groups excluding carboxylic acids is 2. The number of hydrogen-bond donors (Lipinski definition) is 0. The van der Waals surface area contributed by atoms with Crippen LogP contribution in [0.25, 0.3) is 0 Å². The van der Waals surface area contributed by atoms with E-state index in [1.807, 2.05) is 26.0 Å². The molecule has 7 nitrogen and oxygen atoms in total. The number of sulfonamides is 1. The fraction of sp³-hybridized carbons (Fsp3) is 0.500. The lowest BCUT2D eigenvalue weighted by Crippen LogP contribution is -2.63. The van der Waals surface area contributed by atoms with Gasteiger partial charge >= 0.3 is 5.97 Å². The van der Waals surface area contributed by atoms with E-state index in [-0.39, 0.29) is 42.5 Å². The van der Waals surface area contributed by atoms with Gasteiger partial charge in [-0.1, -0.05) is 29.8 Å². The van der Waals surface area contributed by atoms with Crippen LogP contribution in [-0.2, 0) is 24.3 Å². The minimum Gasteiger partial charge on any atom is -0.463 e. The molecular formula is C20H26N2O5S. The smallest absolute Gasteiger partial charge is 0.302 e. The molecule has 1 fully saturated rings. The summed E-state index contributed by atoms with van der Waals surface area (Å²) in [4.78, 5) is 25.8. The van der Waals surface area contributed by atoms with Gasteiger partial charge in [0.1, 0.15) is 6.61 Å². The molecule has 2 aliphatic rings. The summed E-state index contributed by atoms with van der Waals surface area (Å²) in [7, 11) is -3.74. The molecule has 1 aromatic rings. The van der Waals surface area contributed by atoms with Crippen molar-refractivity contribution in [2.24, 2.45) is 5.92 Å². The van der Waals surface area contributed by atoms with Gasteiger partial charge in [-0.25, -0.2) is 8.42 Å². The fourth-order valence-corrected chi connectivity index (χ4v) is 5.78. The molecule has 3 rings (SSSR count). The molecule has 0 bridgehead atoms. The van der Waals surface area contributed by atoms with Crippen molar-refractivity contribution >= 4 is 21.9 Å². The molecule has 8 heteroatoms. The van der Waals surface area contributed by atoms with Crippen LogP contribution >= 0.6 is 0 Å². The number of esters is 1. The van der Waals surface area contributed by atoms with E-state index in [4.69, 9.17) is 4.74 Å². The Morgan fingerprint density at radius 2 is 1.82 bits per heavy atom. The first-order chi connectivity index (χ1) is 13.1. The van der Waals surface area contributed by atoms with Crippen molar-refractivity contribution in [1.29, 1.82) is 0 Å². The predicted molar refractivity (Wildman–Crippen MR) is 104 cm³/mol. The van der Waals surface area contributed by atoms with Crippen LogP contribution in [0, 0.1) is 12.8 Å². The second-order valence-electron chi connectivity index (χ2n) is 7.62. The molecular weight excluding hydrogens is 380 g/mol. The van der Waals surface area contributed by atoms with Crippen LogP contribution in [0.1, 0.15) is 26.3 Å². The zero-order chi connectivity index (χ0) is 20.7. The van der Waals surface area contributed by atoms with E-state index in [0.717, 1.165) is 5.56 Å². The van der Waals surface area contributed by atoms with E-state index in [1.165, 1.54) is 18.2 Å². The van der Waals surface area contributed by atoms with Gasteiger partial charge in [0.25, 0.3) is 0 Å². The minimum absolute atomic E-state index is 0.0405. The summed E-state index contributed by atoms with van der Waals surface area (Å²) in [6, 6.07) is 6.48. The second kappa shape index (κ2) is 7.33. The third-order valence-corrected chi connectivity index (χ3v) is 7.40. The summed E-state index contributed by atoms with van der Waals surface area (Å²) in [6.07, 6.45) is 3.85. The Kier molecular flexibility index (Phi) is 5.38. The maximum absolute atomic E-state index is 13.2. The Labute approximate surface area is 166 Å². The van der Waals surface area contributed by atoms with Gasteiger partial charge in [-0.2, -0.15) is 4.31 Å². The topological polar surface area (TPSA) is 84.0 Å². The summed E-state index contributed by atoms with van der Waals surface area (Å²) in [6.45, 7) is 6.80. The molecule has 0 unspecified atom stereocenters. The van der Waals surface area contributed by atoms with Crippen LogP contribution in [0.4, 0.5) is 0 Å². The van der Waals surface area contributed by atoms with Crippen molar-refractivity contribution in [2.75, 3.05) is 19.7 Å². The summed E-state index contributed by atoms with van der Waals surface area (Å²) in [5.74, 6) is -0.894. The number of hydrogen-bond acceptors (Lipinski definition) is 5. The lowest BCUT2D eigenvalue weighted by molar-refractivity contribution is -0.153. The maximum Gasteiger partial charge on any atom is 0.302 e. The molecule has 3 atom stereocenters. The first-order valence-electron chi connectivity index (χ1n) is 9.26. The quantitative estimate of drug-likeness (QED) is 0.562.